The Morgan fingerprint density at radius 1 is 0.929 bits per heavy atom. The minimum Gasteiger partial charge on any atom is -0.318 e. The van der Waals surface area contributed by atoms with Crippen LogP contribution in [0.5, 0.6) is 0 Å². The summed E-state index contributed by atoms with van der Waals surface area (Å²) in [5.74, 6) is -0.409. The van der Waals surface area contributed by atoms with E-state index in [4.69, 9.17) is 0 Å². The van der Waals surface area contributed by atoms with E-state index in [2.05, 4.69) is 5.10 Å². The lowest BCUT2D eigenvalue weighted by molar-refractivity contribution is -0.114. The third kappa shape index (κ3) is 3.05. The van der Waals surface area contributed by atoms with Gasteiger partial charge in [0.1, 0.15) is 5.82 Å². The van der Waals surface area contributed by atoms with Crippen molar-refractivity contribution in [1.29, 1.82) is 0 Å². The molecule has 0 atom stereocenters. The van der Waals surface area contributed by atoms with Crippen molar-refractivity contribution in [3.8, 4) is 5.69 Å². The largest absolute Gasteiger partial charge is 0.318 e. The molecule has 4 nitrogen and oxygen atoms in total. The third-order valence-corrected chi connectivity index (χ3v) is 4.92. The molecule has 0 N–H and O–H groups in total. The second kappa shape index (κ2) is 6.93. The Morgan fingerprint density at radius 2 is 1.61 bits per heavy atom. The number of benzene rings is 2. The molecule has 0 unspecified atom stereocenters. The molecule has 4 rings (SSSR count). The lowest BCUT2D eigenvalue weighted by Gasteiger charge is -2.11. The van der Waals surface area contributed by atoms with Crippen molar-refractivity contribution in [2.45, 2.75) is 20.8 Å². The van der Waals surface area contributed by atoms with E-state index in [9.17, 15) is 9.18 Å². The lowest BCUT2D eigenvalue weighted by atomic mass is 10.1. The molecule has 0 bridgehead atoms. The van der Waals surface area contributed by atoms with Gasteiger partial charge in [0.15, 0.2) is 0 Å². The summed E-state index contributed by atoms with van der Waals surface area (Å²) < 4.78 is 15.3. The van der Waals surface area contributed by atoms with E-state index < -0.39 is 0 Å². The molecule has 2 aromatic carbocycles. The van der Waals surface area contributed by atoms with Gasteiger partial charge in [0, 0.05) is 17.1 Å². The molecule has 1 aromatic heterocycles. The summed E-state index contributed by atoms with van der Waals surface area (Å²) >= 11 is 0. The van der Waals surface area contributed by atoms with Crippen LogP contribution in [0.15, 0.2) is 71.3 Å². The van der Waals surface area contributed by atoms with Crippen molar-refractivity contribution in [3.63, 3.8) is 0 Å². The maximum absolute atomic E-state index is 13.3. The number of aryl methyl sites for hydroxylation is 1. The number of halogens is 1. The van der Waals surface area contributed by atoms with Crippen molar-refractivity contribution in [1.82, 2.24) is 4.57 Å². The number of para-hydroxylation sites is 1. The van der Waals surface area contributed by atoms with Crippen molar-refractivity contribution in [2.75, 3.05) is 5.01 Å². The summed E-state index contributed by atoms with van der Waals surface area (Å²) in [5.41, 5.74) is 5.81. The van der Waals surface area contributed by atoms with E-state index in [1.54, 1.807) is 12.1 Å². The molecular formula is C23H20FN3O. The highest BCUT2D eigenvalue weighted by Gasteiger charge is 2.29. The van der Waals surface area contributed by atoms with Crippen molar-refractivity contribution >= 4 is 23.4 Å². The summed E-state index contributed by atoms with van der Waals surface area (Å²) in [6, 6.07) is 17.8. The van der Waals surface area contributed by atoms with Gasteiger partial charge in [0.05, 0.1) is 17.0 Å². The Hall–Kier alpha value is -3.47. The Labute approximate surface area is 163 Å². The van der Waals surface area contributed by atoms with Crippen LogP contribution in [0, 0.1) is 19.7 Å². The van der Waals surface area contributed by atoms with E-state index in [-0.39, 0.29) is 11.7 Å². The van der Waals surface area contributed by atoms with Gasteiger partial charge in [-0.2, -0.15) is 10.1 Å². The Balaban J connectivity index is 1.72. The molecule has 1 aliphatic rings. The predicted octanol–water partition coefficient (Wildman–Crippen LogP) is 5.04. The first-order valence-electron chi connectivity index (χ1n) is 9.07. The molecule has 0 saturated heterocycles. The van der Waals surface area contributed by atoms with Crippen molar-refractivity contribution in [2.24, 2.45) is 5.10 Å². The number of carbonyl (C=O) groups excluding carboxylic acids is 1. The highest BCUT2D eigenvalue weighted by molar-refractivity contribution is 6.32. The van der Waals surface area contributed by atoms with Gasteiger partial charge in [0.2, 0.25) is 0 Å². The van der Waals surface area contributed by atoms with Crippen LogP contribution in [0.3, 0.4) is 0 Å². The second-order valence-electron chi connectivity index (χ2n) is 6.83. The topological polar surface area (TPSA) is 37.6 Å². The Kier molecular flexibility index (Phi) is 4.43. The quantitative estimate of drug-likeness (QED) is 0.593. The Morgan fingerprint density at radius 3 is 2.29 bits per heavy atom. The minimum absolute atomic E-state index is 0.143. The van der Waals surface area contributed by atoms with Gasteiger partial charge in [-0.05, 0) is 74.9 Å². The van der Waals surface area contributed by atoms with Crippen LogP contribution >= 0.6 is 0 Å². The molecule has 3 aromatic rings. The second-order valence-corrected chi connectivity index (χ2v) is 6.83. The van der Waals surface area contributed by atoms with Crippen LogP contribution in [0.25, 0.3) is 11.8 Å². The molecule has 1 amide bonds. The van der Waals surface area contributed by atoms with Crippen molar-refractivity contribution in [3.05, 3.63) is 89.0 Å². The van der Waals surface area contributed by atoms with Gasteiger partial charge in [-0.15, -0.1) is 0 Å². The molecule has 28 heavy (non-hydrogen) atoms. The van der Waals surface area contributed by atoms with E-state index in [0.717, 1.165) is 28.3 Å². The summed E-state index contributed by atoms with van der Waals surface area (Å²) in [4.78, 5) is 12.9. The van der Waals surface area contributed by atoms with Gasteiger partial charge in [0.25, 0.3) is 5.91 Å². The highest BCUT2D eigenvalue weighted by Crippen LogP contribution is 2.27. The number of anilines is 1. The summed E-state index contributed by atoms with van der Waals surface area (Å²) in [7, 11) is 0. The fourth-order valence-electron chi connectivity index (χ4n) is 3.51. The number of nitrogens with zero attached hydrogens (tertiary/aromatic N) is 3. The summed E-state index contributed by atoms with van der Waals surface area (Å²) in [6.07, 6.45) is 1.88. The van der Waals surface area contributed by atoms with Crippen LogP contribution in [-0.4, -0.2) is 16.2 Å². The summed E-state index contributed by atoms with van der Waals surface area (Å²) in [5, 5.41) is 5.86. The van der Waals surface area contributed by atoms with Gasteiger partial charge in [-0.1, -0.05) is 18.2 Å². The molecule has 2 heterocycles. The number of aromatic nitrogens is 1. The molecule has 0 aliphatic carbocycles. The zero-order valence-corrected chi connectivity index (χ0v) is 16.0. The van der Waals surface area contributed by atoms with Gasteiger partial charge in [-0.25, -0.2) is 4.39 Å². The van der Waals surface area contributed by atoms with Gasteiger partial charge in [-0.3, -0.25) is 4.79 Å². The first-order chi connectivity index (χ1) is 13.5. The number of hydrazone groups is 1. The average molecular weight is 373 g/mol. The standard InChI is InChI=1S/C23H20FN3O/c1-15-13-18(17(3)26(15)20-11-9-19(24)10-12-20)14-22-16(2)25-27(23(22)28)21-7-5-4-6-8-21/h4-14H,1-3H3/b22-14-. The number of hydrogen-bond donors (Lipinski definition) is 0. The number of hydrogen-bond acceptors (Lipinski definition) is 2. The molecular weight excluding hydrogens is 353 g/mol. The van der Waals surface area contributed by atoms with E-state index >= 15 is 0 Å². The SMILES string of the molecule is CC1=NN(c2ccccc2)C(=O)/C1=C\c1cc(C)n(-c2ccc(F)cc2)c1C. The molecule has 0 radical (unpaired) electrons. The summed E-state index contributed by atoms with van der Waals surface area (Å²) in [6.45, 7) is 5.82. The van der Waals surface area contributed by atoms with Crippen LogP contribution in [0.4, 0.5) is 10.1 Å². The van der Waals surface area contributed by atoms with E-state index in [1.165, 1.54) is 17.1 Å². The Bertz CT molecular complexity index is 1110. The van der Waals surface area contributed by atoms with Crippen LogP contribution in [-0.2, 0) is 4.79 Å². The zero-order valence-electron chi connectivity index (χ0n) is 16.0. The van der Waals surface area contributed by atoms with Gasteiger partial charge < -0.3 is 4.57 Å². The molecule has 0 saturated carbocycles. The van der Waals surface area contributed by atoms with Gasteiger partial charge >= 0.3 is 0 Å². The van der Waals surface area contributed by atoms with E-state index in [0.29, 0.717) is 11.3 Å². The first-order valence-corrected chi connectivity index (χ1v) is 9.07. The lowest BCUT2D eigenvalue weighted by Crippen LogP contribution is -2.21. The van der Waals surface area contributed by atoms with Crippen LogP contribution in [0.2, 0.25) is 0 Å². The van der Waals surface area contributed by atoms with Crippen molar-refractivity contribution < 1.29 is 9.18 Å². The minimum atomic E-state index is -0.266. The monoisotopic (exact) mass is 373 g/mol. The fraction of sp³-hybridized carbons (Fsp3) is 0.130. The van der Waals surface area contributed by atoms with E-state index in [1.807, 2.05) is 67.8 Å². The molecule has 0 fully saturated rings. The van der Waals surface area contributed by atoms with Crippen LogP contribution in [0.1, 0.15) is 23.9 Å². The predicted molar refractivity (Wildman–Crippen MR) is 110 cm³/mol. The first kappa shape index (κ1) is 17.9. The number of amides is 1. The van der Waals surface area contributed by atoms with Crippen LogP contribution < -0.4 is 5.01 Å². The third-order valence-electron chi connectivity index (χ3n) is 4.92. The fourth-order valence-corrected chi connectivity index (χ4v) is 3.51. The number of carbonyl (C=O) groups is 1. The highest BCUT2D eigenvalue weighted by atomic mass is 19.1. The molecule has 0 spiro atoms. The zero-order chi connectivity index (χ0) is 19.8. The average Bonchev–Trinajstić information content (AvgIpc) is 3.13. The normalized spacial score (nSPS) is 15.4. The number of rotatable bonds is 3. The molecule has 140 valence electrons. The molecule has 1 aliphatic heterocycles. The maximum Gasteiger partial charge on any atom is 0.280 e. The molecule has 5 heteroatoms. The maximum atomic E-state index is 13.3. The smallest absolute Gasteiger partial charge is 0.280 e.